The van der Waals surface area contributed by atoms with Crippen LogP contribution < -0.4 is 10.6 Å². The molecule has 88 valence electrons. The van der Waals surface area contributed by atoms with Crippen molar-refractivity contribution in [2.24, 2.45) is 0 Å². The maximum absolute atomic E-state index is 11.6. The Balaban J connectivity index is 1.69. The number of carbonyl (C=O) groups excluding carboxylic acids is 1. The summed E-state index contributed by atoms with van der Waals surface area (Å²) in [5.41, 5.74) is 0. The number of hydrogen-bond acceptors (Lipinski definition) is 5. The Bertz CT molecular complexity index is 361. The Kier molecular flexibility index (Phi) is 3.84. The molecule has 1 fully saturated rings. The van der Waals surface area contributed by atoms with Crippen molar-refractivity contribution >= 4 is 17.7 Å². The maximum atomic E-state index is 11.6. The molecule has 0 spiro atoms. The first-order valence-corrected chi connectivity index (χ1v) is 6.41. The minimum Gasteiger partial charge on any atom is -0.446 e. The second-order valence-electron chi connectivity index (χ2n) is 3.68. The van der Waals surface area contributed by atoms with Crippen LogP contribution in [0.4, 0.5) is 0 Å². The number of oxazole rings is 1. The zero-order valence-corrected chi connectivity index (χ0v) is 9.97. The van der Waals surface area contributed by atoms with E-state index in [0.717, 1.165) is 17.4 Å². The number of nitrogens with one attached hydrogen (secondary N) is 2. The van der Waals surface area contributed by atoms with E-state index in [4.69, 9.17) is 4.42 Å². The van der Waals surface area contributed by atoms with E-state index in [1.54, 1.807) is 18.0 Å². The quantitative estimate of drug-likeness (QED) is 0.794. The highest BCUT2D eigenvalue weighted by Crippen LogP contribution is 2.09. The van der Waals surface area contributed by atoms with Gasteiger partial charge in [-0.2, -0.15) is 0 Å². The molecule has 6 heteroatoms. The fourth-order valence-corrected chi connectivity index (χ4v) is 2.44. The topological polar surface area (TPSA) is 67.2 Å². The molecule has 5 nitrogen and oxygen atoms in total. The van der Waals surface area contributed by atoms with E-state index in [9.17, 15) is 4.79 Å². The summed E-state index contributed by atoms with van der Waals surface area (Å²) in [4.78, 5) is 15.7. The molecule has 2 heterocycles. The monoisotopic (exact) mass is 241 g/mol. The molecule has 0 aromatic carbocycles. The van der Waals surface area contributed by atoms with Crippen molar-refractivity contribution in [1.29, 1.82) is 0 Å². The third kappa shape index (κ3) is 2.99. The van der Waals surface area contributed by atoms with Gasteiger partial charge in [0.1, 0.15) is 5.76 Å². The molecule has 0 bridgehead atoms. The minimum atomic E-state index is -0.0451. The Labute approximate surface area is 98.4 Å². The van der Waals surface area contributed by atoms with Crippen LogP contribution in [-0.4, -0.2) is 35.1 Å². The zero-order chi connectivity index (χ0) is 11.4. The van der Waals surface area contributed by atoms with Gasteiger partial charge in [-0.15, -0.1) is 11.8 Å². The molecular formula is C10H15N3O2S. The molecule has 1 atom stereocenters. The molecule has 0 aliphatic carbocycles. The lowest BCUT2D eigenvalue weighted by Crippen LogP contribution is -2.42. The fraction of sp³-hybridized carbons (Fsp3) is 0.600. The van der Waals surface area contributed by atoms with E-state index in [1.807, 2.05) is 6.92 Å². The number of carbonyl (C=O) groups is 1. The van der Waals surface area contributed by atoms with Crippen molar-refractivity contribution in [3.63, 3.8) is 0 Å². The molecule has 0 radical (unpaired) electrons. The summed E-state index contributed by atoms with van der Waals surface area (Å²) < 4.78 is 5.31. The van der Waals surface area contributed by atoms with E-state index in [2.05, 4.69) is 15.6 Å². The first kappa shape index (κ1) is 11.5. The number of hydrogen-bond donors (Lipinski definition) is 2. The van der Waals surface area contributed by atoms with Crippen molar-refractivity contribution in [2.45, 2.75) is 19.4 Å². The van der Waals surface area contributed by atoms with Crippen LogP contribution in [0.3, 0.4) is 0 Å². The lowest BCUT2D eigenvalue weighted by atomic mass is 10.3. The summed E-state index contributed by atoms with van der Waals surface area (Å²) in [5, 5.41) is 5.99. The predicted octanol–water partition coefficient (Wildman–Crippen LogP) is 0.304. The second-order valence-corrected chi connectivity index (χ2v) is 4.71. The molecule has 1 aliphatic rings. The molecule has 1 aromatic heterocycles. The van der Waals surface area contributed by atoms with Crippen LogP contribution in [0.15, 0.2) is 10.6 Å². The number of rotatable bonds is 4. The van der Waals surface area contributed by atoms with Gasteiger partial charge in [-0.05, 0) is 6.92 Å². The van der Waals surface area contributed by atoms with Gasteiger partial charge in [-0.3, -0.25) is 10.1 Å². The molecule has 1 saturated heterocycles. The highest BCUT2D eigenvalue weighted by Gasteiger charge is 2.21. The third-order valence-electron chi connectivity index (χ3n) is 2.34. The van der Waals surface area contributed by atoms with Gasteiger partial charge in [-0.25, -0.2) is 4.98 Å². The van der Waals surface area contributed by atoms with Gasteiger partial charge in [0.05, 0.1) is 12.2 Å². The summed E-state index contributed by atoms with van der Waals surface area (Å²) in [7, 11) is 0. The molecule has 2 rings (SSSR count). The zero-order valence-electron chi connectivity index (χ0n) is 9.16. The lowest BCUT2D eigenvalue weighted by Gasteiger charge is -2.09. The van der Waals surface area contributed by atoms with Crippen LogP contribution in [-0.2, 0) is 11.2 Å². The van der Waals surface area contributed by atoms with Gasteiger partial charge in [0.15, 0.2) is 5.89 Å². The summed E-state index contributed by atoms with van der Waals surface area (Å²) in [6.45, 7) is 2.43. The lowest BCUT2D eigenvalue weighted by molar-refractivity contribution is -0.122. The normalized spacial score (nSPS) is 19.9. The van der Waals surface area contributed by atoms with Crippen molar-refractivity contribution in [1.82, 2.24) is 15.6 Å². The number of aromatic nitrogens is 1. The van der Waals surface area contributed by atoms with Crippen LogP contribution in [0, 0.1) is 6.92 Å². The molecule has 1 aromatic rings. The maximum Gasteiger partial charge on any atom is 0.238 e. The molecule has 1 amide bonds. The van der Waals surface area contributed by atoms with Gasteiger partial charge >= 0.3 is 0 Å². The molecule has 1 unspecified atom stereocenters. The van der Waals surface area contributed by atoms with Crippen molar-refractivity contribution in [3.05, 3.63) is 17.8 Å². The van der Waals surface area contributed by atoms with Gasteiger partial charge in [-0.1, -0.05) is 0 Å². The number of thioether (sulfide) groups is 1. The Hall–Kier alpha value is -1.01. The highest BCUT2D eigenvalue weighted by molar-refractivity contribution is 7.99. The van der Waals surface area contributed by atoms with Crippen molar-refractivity contribution in [3.8, 4) is 0 Å². The number of aryl methyl sites for hydroxylation is 1. The summed E-state index contributed by atoms with van der Waals surface area (Å²) in [6.07, 6.45) is 2.33. The average Bonchev–Trinajstić information content (AvgIpc) is 2.89. The van der Waals surface area contributed by atoms with Gasteiger partial charge < -0.3 is 9.73 Å². The van der Waals surface area contributed by atoms with Crippen LogP contribution in [0.2, 0.25) is 0 Å². The van der Waals surface area contributed by atoms with Gasteiger partial charge in [0.25, 0.3) is 0 Å². The van der Waals surface area contributed by atoms with Crippen molar-refractivity contribution in [2.75, 3.05) is 18.2 Å². The van der Waals surface area contributed by atoms with Crippen LogP contribution >= 0.6 is 11.8 Å². The molecule has 16 heavy (non-hydrogen) atoms. The second kappa shape index (κ2) is 5.36. The Morgan fingerprint density at radius 3 is 3.31 bits per heavy atom. The Morgan fingerprint density at radius 2 is 2.69 bits per heavy atom. The van der Waals surface area contributed by atoms with Gasteiger partial charge in [0.2, 0.25) is 5.91 Å². The minimum absolute atomic E-state index is 0.0451. The largest absolute Gasteiger partial charge is 0.446 e. The first-order valence-electron chi connectivity index (χ1n) is 5.26. The van der Waals surface area contributed by atoms with Gasteiger partial charge in [0, 0.05) is 24.6 Å². The highest BCUT2D eigenvalue weighted by atomic mass is 32.2. The summed E-state index contributed by atoms with van der Waals surface area (Å²) >= 11 is 1.74. The average molecular weight is 241 g/mol. The predicted molar refractivity (Wildman–Crippen MR) is 62.2 cm³/mol. The Morgan fingerprint density at radius 1 is 1.81 bits per heavy atom. The number of amides is 1. The summed E-state index contributed by atoms with van der Waals surface area (Å²) in [5.74, 6) is 3.25. The van der Waals surface area contributed by atoms with Crippen molar-refractivity contribution < 1.29 is 9.21 Å². The van der Waals surface area contributed by atoms with E-state index in [0.29, 0.717) is 18.9 Å². The molecular weight excluding hydrogens is 226 g/mol. The summed E-state index contributed by atoms with van der Waals surface area (Å²) in [6, 6.07) is -0.0451. The molecule has 0 saturated carbocycles. The van der Waals surface area contributed by atoms with E-state index in [-0.39, 0.29) is 11.9 Å². The first-order chi connectivity index (χ1) is 7.75. The molecule has 2 N–H and O–H groups in total. The third-order valence-corrected chi connectivity index (χ3v) is 3.28. The SMILES string of the molecule is Cc1cnc(CCNC(=O)C2CSCN2)o1. The standard InChI is InChI=1S/C10H15N3O2S/c1-7-4-12-9(15-7)2-3-11-10(14)8-5-16-6-13-8/h4,8,13H,2-3,5-6H2,1H3,(H,11,14). The van der Waals surface area contributed by atoms with Crippen LogP contribution in [0.25, 0.3) is 0 Å². The van der Waals surface area contributed by atoms with Crippen LogP contribution in [0.5, 0.6) is 0 Å². The number of nitrogens with zero attached hydrogens (tertiary/aromatic N) is 1. The molecule has 1 aliphatic heterocycles. The van der Waals surface area contributed by atoms with E-state index < -0.39 is 0 Å². The van der Waals surface area contributed by atoms with Crippen LogP contribution in [0.1, 0.15) is 11.7 Å². The van der Waals surface area contributed by atoms with E-state index in [1.165, 1.54) is 0 Å². The fourth-order valence-electron chi connectivity index (χ4n) is 1.50. The smallest absolute Gasteiger partial charge is 0.238 e. The van der Waals surface area contributed by atoms with E-state index >= 15 is 0 Å².